The lowest BCUT2D eigenvalue weighted by molar-refractivity contribution is -0.145. The third kappa shape index (κ3) is 4.00. The molecule has 0 saturated carbocycles. The Kier molecular flexibility index (Phi) is 5.93. The van der Waals surface area contributed by atoms with E-state index in [2.05, 4.69) is 4.98 Å². The summed E-state index contributed by atoms with van der Waals surface area (Å²) in [6.07, 6.45) is 1.70. The number of esters is 1. The minimum atomic E-state index is -0.441. The van der Waals surface area contributed by atoms with Crippen LogP contribution in [0.25, 0.3) is 11.0 Å². The predicted octanol–water partition coefficient (Wildman–Crippen LogP) is 4.36. The number of aromatic nitrogens is 2. The average molecular weight is 421 g/mol. The van der Waals surface area contributed by atoms with E-state index in [-0.39, 0.29) is 18.1 Å². The first-order chi connectivity index (χ1) is 15.0. The molecule has 1 aliphatic heterocycles. The third-order valence-corrected chi connectivity index (χ3v) is 5.84. The van der Waals surface area contributed by atoms with Crippen molar-refractivity contribution in [3.05, 3.63) is 59.4 Å². The van der Waals surface area contributed by atoms with Gasteiger partial charge in [0.25, 0.3) is 0 Å². The van der Waals surface area contributed by atoms with Crippen molar-refractivity contribution in [2.24, 2.45) is 0 Å². The summed E-state index contributed by atoms with van der Waals surface area (Å²) in [4.78, 5) is 34.9. The lowest BCUT2D eigenvalue weighted by atomic mass is 9.95. The molecule has 7 nitrogen and oxygen atoms in total. The number of fused-ring (bicyclic) bond motifs is 3. The van der Waals surface area contributed by atoms with Crippen LogP contribution in [0.3, 0.4) is 0 Å². The molecule has 0 spiro atoms. The Morgan fingerprint density at radius 2 is 2.00 bits per heavy atom. The molecule has 7 heteroatoms. The van der Waals surface area contributed by atoms with Gasteiger partial charge in [-0.3, -0.25) is 9.69 Å². The van der Waals surface area contributed by atoms with Crippen molar-refractivity contribution in [1.29, 1.82) is 0 Å². The summed E-state index contributed by atoms with van der Waals surface area (Å²) < 4.78 is 10.3. The van der Waals surface area contributed by atoms with E-state index >= 15 is 0 Å². The zero-order valence-electron chi connectivity index (χ0n) is 18.1. The van der Waals surface area contributed by atoms with Gasteiger partial charge >= 0.3 is 12.1 Å². The van der Waals surface area contributed by atoms with Gasteiger partial charge < -0.3 is 14.5 Å². The summed E-state index contributed by atoms with van der Waals surface area (Å²) in [5.74, 6) is 0.0135. The second kappa shape index (κ2) is 8.79. The first-order valence-corrected chi connectivity index (χ1v) is 10.6. The first kappa shape index (κ1) is 20.9. The van der Waals surface area contributed by atoms with Gasteiger partial charge in [-0.05, 0) is 44.4 Å². The Hall–Kier alpha value is -3.35. The van der Waals surface area contributed by atoms with Crippen LogP contribution >= 0.6 is 0 Å². The molecule has 2 aromatic carbocycles. The van der Waals surface area contributed by atoms with Crippen LogP contribution in [-0.4, -0.2) is 41.8 Å². The van der Waals surface area contributed by atoms with Crippen molar-refractivity contribution in [2.45, 2.75) is 45.1 Å². The van der Waals surface area contributed by atoms with Crippen molar-refractivity contribution in [1.82, 2.24) is 9.97 Å². The van der Waals surface area contributed by atoms with Crippen LogP contribution in [0.1, 0.15) is 43.1 Å². The number of aromatic amines is 1. The number of H-pyrrole nitrogens is 1. The van der Waals surface area contributed by atoms with Gasteiger partial charge in [0.2, 0.25) is 0 Å². The molecule has 0 radical (unpaired) electrons. The summed E-state index contributed by atoms with van der Waals surface area (Å²) in [7, 11) is 1.40. The number of benzene rings is 2. The molecule has 1 N–H and O–H groups in total. The molecular weight excluding hydrogens is 394 g/mol. The molecule has 4 rings (SSSR count). The molecule has 3 aromatic rings. The number of nitrogens with one attached hydrogen (secondary N) is 1. The SMILES string of the molecule is CCOC(=O)C(Cc1nc2c3c(ccc2[nH]1)N(C(=O)OC)[C@@H](C)CC3)c1ccccc1. The van der Waals surface area contributed by atoms with Crippen LogP contribution in [0.4, 0.5) is 10.5 Å². The van der Waals surface area contributed by atoms with Gasteiger partial charge in [0.15, 0.2) is 0 Å². The zero-order valence-corrected chi connectivity index (χ0v) is 18.1. The number of carbonyl (C=O) groups excluding carboxylic acids is 2. The maximum atomic E-state index is 12.7. The second-order valence-corrected chi connectivity index (χ2v) is 7.79. The number of amides is 1. The van der Waals surface area contributed by atoms with Crippen LogP contribution in [0.2, 0.25) is 0 Å². The van der Waals surface area contributed by atoms with Gasteiger partial charge in [-0.2, -0.15) is 0 Å². The fourth-order valence-corrected chi connectivity index (χ4v) is 4.30. The highest BCUT2D eigenvalue weighted by Gasteiger charge is 2.31. The summed E-state index contributed by atoms with van der Waals surface area (Å²) in [5.41, 5.74) is 4.49. The molecule has 0 aliphatic carbocycles. The third-order valence-electron chi connectivity index (χ3n) is 5.84. The molecule has 1 aromatic heterocycles. The predicted molar refractivity (Wildman–Crippen MR) is 118 cm³/mol. The maximum absolute atomic E-state index is 12.7. The van der Waals surface area contributed by atoms with Crippen molar-refractivity contribution < 1.29 is 19.1 Å². The molecule has 1 unspecified atom stereocenters. The number of hydrogen-bond donors (Lipinski definition) is 1. The van der Waals surface area contributed by atoms with Crippen molar-refractivity contribution in [3.8, 4) is 0 Å². The summed E-state index contributed by atoms with van der Waals surface area (Å²) in [6, 6.07) is 13.5. The van der Waals surface area contributed by atoms with E-state index in [0.717, 1.165) is 40.7 Å². The Labute approximate surface area is 181 Å². The van der Waals surface area contributed by atoms with Crippen molar-refractivity contribution in [3.63, 3.8) is 0 Å². The number of hydrogen-bond acceptors (Lipinski definition) is 5. The largest absolute Gasteiger partial charge is 0.466 e. The zero-order chi connectivity index (χ0) is 22.0. The Morgan fingerprint density at radius 1 is 1.23 bits per heavy atom. The highest BCUT2D eigenvalue weighted by molar-refractivity contribution is 5.95. The molecule has 1 amide bonds. The summed E-state index contributed by atoms with van der Waals surface area (Å²) >= 11 is 0. The number of carbonyl (C=O) groups is 2. The molecule has 0 fully saturated rings. The van der Waals surface area contributed by atoms with Crippen LogP contribution < -0.4 is 4.90 Å². The number of anilines is 1. The lowest BCUT2D eigenvalue weighted by Crippen LogP contribution is -2.42. The number of ether oxygens (including phenoxy) is 2. The Balaban J connectivity index is 1.71. The van der Waals surface area contributed by atoms with Crippen LogP contribution in [0.5, 0.6) is 0 Å². The maximum Gasteiger partial charge on any atom is 0.414 e. The Morgan fingerprint density at radius 3 is 2.71 bits per heavy atom. The second-order valence-electron chi connectivity index (χ2n) is 7.79. The van der Waals surface area contributed by atoms with Gasteiger partial charge in [0, 0.05) is 18.0 Å². The monoisotopic (exact) mass is 421 g/mol. The van der Waals surface area contributed by atoms with E-state index in [1.165, 1.54) is 7.11 Å². The van der Waals surface area contributed by atoms with E-state index in [1.54, 1.807) is 4.90 Å². The standard InChI is InChI=1S/C24H27N3O4/c1-4-31-23(28)18(16-8-6-5-7-9-16)14-21-25-19-12-13-20-17(22(19)26-21)11-10-15(2)27(20)24(29)30-3/h5-9,12-13,15,18H,4,10-11,14H2,1-3H3,(H,25,26)/t15-,18?/m0/s1. The van der Waals surface area contributed by atoms with Gasteiger partial charge in [0.1, 0.15) is 5.82 Å². The van der Waals surface area contributed by atoms with Gasteiger partial charge in [-0.25, -0.2) is 9.78 Å². The average Bonchev–Trinajstić information content (AvgIpc) is 3.20. The van der Waals surface area contributed by atoms with Crippen molar-refractivity contribution in [2.75, 3.05) is 18.6 Å². The topological polar surface area (TPSA) is 84.5 Å². The van der Waals surface area contributed by atoms with E-state index in [1.807, 2.05) is 56.3 Å². The molecular formula is C24H27N3O4. The van der Waals surface area contributed by atoms with Crippen LogP contribution in [0.15, 0.2) is 42.5 Å². The lowest BCUT2D eigenvalue weighted by Gasteiger charge is -2.34. The van der Waals surface area contributed by atoms with Crippen molar-refractivity contribution >= 4 is 28.8 Å². The first-order valence-electron chi connectivity index (χ1n) is 10.6. The number of imidazole rings is 1. The smallest absolute Gasteiger partial charge is 0.414 e. The van der Waals surface area contributed by atoms with E-state index < -0.39 is 5.92 Å². The number of methoxy groups -OCH3 is 1. The fourth-order valence-electron chi connectivity index (χ4n) is 4.30. The highest BCUT2D eigenvalue weighted by Crippen LogP contribution is 2.36. The molecule has 2 atom stereocenters. The minimum absolute atomic E-state index is 0.0575. The van der Waals surface area contributed by atoms with Gasteiger partial charge in [-0.15, -0.1) is 0 Å². The van der Waals surface area contributed by atoms with Gasteiger partial charge in [-0.1, -0.05) is 30.3 Å². The van der Waals surface area contributed by atoms with E-state index in [0.29, 0.717) is 18.9 Å². The molecule has 2 heterocycles. The summed E-state index contributed by atoms with van der Waals surface area (Å²) in [5, 5.41) is 0. The normalized spacial score (nSPS) is 16.6. The number of aryl methyl sites for hydroxylation is 1. The van der Waals surface area contributed by atoms with Crippen LogP contribution in [0, 0.1) is 0 Å². The molecule has 162 valence electrons. The quantitative estimate of drug-likeness (QED) is 0.619. The molecule has 0 saturated heterocycles. The molecule has 1 aliphatic rings. The minimum Gasteiger partial charge on any atom is -0.466 e. The van der Waals surface area contributed by atoms with E-state index in [4.69, 9.17) is 14.5 Å². The van der Waals surface area contributed by atoms with Gasteiger partial charge in [0.05, 0.1) is 36.4 Å². The fraction of sp³-hybridized carbons (Fsp3) is 0.375. The Bertz CT molecular complexity index is 1090. The molecule has 31 heavy (non-hydrogen) atoms. The van der Waals surface area contributed by atoms with E-state index in [9.17, 15) is 9.59 Å². The molecule has 0 bridgehead atoms. The summed E-state index contributed by atoms with van der Waals surface area (Å²) in [6.45, 7) is 4.16. The number of nitrogens with zero attached hydrogens (tertiary/aromatic N) is 2. The number of rotatable bonds is 5. The highest BCUT2D eigenvalue weighted by atomic mass is 16.5. The van der Waals surface area contributed by atoms with Crippen LogP contribution in [-0.2, 0) is 27.1 Å².